The van der Waals surface area contributed by atoms with Crippen molar-refractivity contribution in [3.8, 4) is 0 Å². The second-order valence-corrected chi connectivity index (χ2v) is 6.01. The Kier molecular flexibility index (Phi) is 6.32. The maximum atomic E-state index is 12.6. The highest BCUT2D eigenvalue weighted by atomic mass is 16.6. The Labute approximate surface area is 147 Å². The highest BCUT2D eigenvalue weighted by Gasteiger charge is 2.26. The van der Waals surface area contributed by atoms with Crippen LogP contribution in [-0.2, 0) is 4.74 Å². The molecule has 0 unspecified atom stereocenters. The molecule has 136 valence electrons. The number of hydrogen-bond acceptors (Lipinski definition) is 5. The van der Waals surface area contributed by atoms with E-state index in [0.29, 0.717) is 32.8 Å². The van der Waals surface area contributed by atoms with Crippen LogP contribution in [0.25, 0.3) is 0 Å². The molecule has 2 heterocycles. The number of pyridine rings is 1. The van der Waals surface area contributed by atoms with E-state index in [-0.39, 0.29) is 35.3 Å². The third-order valence-corrected chi connectivity index (χ3v) is 3.71. The number of nitrogens with one attached hydrogen (secondary N) is 1. The average Bonchev–Trinajstić information content (AvgIpc) is 2.61. The highest BCUT2D eigenvalue weighted by Crippen LogP contribution is 2.09. The molecule has 8 nitrogen and oxygen atoms in total. The van der Waals surface area contributed by atoms with Gasteiger partial charge in [-0.2, -0.15) is 0 Å². The highest BCUT2D eigenvalue weighted by molar-refractivity contribution is 5.96. The van der Waals surface area contributed by atoms with Crippen LogP contribution in [0.3, 0.4) is 0 Å². The van der Waals surface area contributed by atoms with Crippen molar-refractivity contribution in [3.05, 3.63) is 29.6 Å². The van der Waals surface area contributed by atoms with Gasteiger partial charge >= 0.3 is 6.09 Å². The normalized spacial score (nSPS) is 14.4. The molecule has 3 amide bonds. The van der Waals surface area contributed by atoms with Crippen LogP contribution in [0.5, 0.6) is 0 Å². The zero-order valence-corrected chi connectivity index (χ0v) is 14.8. The second-order valence-electron chi connectivity index (χ2n) is 6.01. The largest absolute Gasteiger partial charge is 0.450 e. The SMILES string of the molecule is CCOC(=O)N1CCN(C(=O)c2cccc(C(=O)NC(C)C)n2)CC1. The fourth-order valence-electron chi connectivity index (χ4n) is 2.49. The Hall–Kier alpha value is -2.64. The number of rotatable bonds is 4. The van der Waals surface area contributed by atoms with Crippen molar-refractivity contribution in [2.75, 3.05) is 32.8 Å². The van der Waals surface area contributed by atoms with Gasteiger partial charge in [0.15, 0.2) is 0 Å². The molecule has 0 atom stereocenters. The first-order chi connectivity index (χ1) is 11.9. The van der Waals surface area contributed by atoms with Gasteiger partial charge in [0.2, 0.25) is 0 Å². The summed E-state index contributed by atoms with van der Waals surface area (Å²) in [6, 6.07) is 4.80. The second kappa shape index (κ2) is 8.46. The fourth-order valence-corrected chi connectivity index (χ4v) is 2.49. The number of piperazine rings is 1. The van der Waals surface area contributed by atoms with Crippen LogP contribution in [-0.4, -0.2) is 71.5 Å². The molecule has 1 aromatic heterocycles. The lowest BCUT2D eigenvalue weighted by Crippen LogP contribution is -2.50. The van der Waals surface area contributed by atoms with Gasteiger partial charge in [-0.1, -0.05) is 6.07 Å². The van der Waals surface area contributed by atoms with Crippen molar-refractivity contribution < 1.29 is 19.1 Å². The van der Waals surface area contributed by atoms with Gasteiger partial charge in [0.1, 0.15) is 11.4 Å². The number of ether oxygens (including phenoxy) is 1. The molecule has 1 fully saturated rings. The van der Waals surface area contributed by atoms with E-state index in [1.165, 1.54) is 0 Å². The van der Waals surface area contributed by atoms with E-state index in [9.17, 15) is 14.4 Å². The number of carbonyl (C=O) groups is 3. The smallest absolute Gasteiger partial charge is 0.409 e. The molecule has 1 saturated heterocycles. The standard InChI is InChI=1S/C17H24N4O4/c1-4-25-17(24)21-10-8-20(9-11-21)16(23)14-7-5-6-13(19-14)15(22)18-12(2)3/h5-7,12H,4,8-11H2,1-3H3,(H,18,22). The van der Waals surface area contributed by atoms with E-state index < -0.39 is 0 Å². The van der Waals surface area contributed by atoms with Gasteiger partial charge in [-0.3, -0.25) is 9.59 Å². The predicted molar refractivity (Wildman–Crippen MR) is 91.3 cm³/mol. The minimum Gasteiger partial charge on any atom is -0.450 e. The zero-order valence-electron chi connectivity index (χ0n) is 14.8. The molecular weight excluding hydrogens is 324 g/mol. The molecule has 2 rings (SSSR count). The Morgan fingerprint density at radius 3 is 2.32 bits per heavy atom. The molecule has 8 heteroatoms. The topological polar surface area (TPSA) is 91.8 Å². The lowest BCUT2D eigenvalue weighted by atomic mass is 10.2. The minimum atomic E-state index is -0.361. The lowest BCUT2D eigenvalue weighted by molar-refractivity contribution is 0.0565. The molecule has 1 aliphatic rings. The molecule has 0 aromatic carbocycles. The van der Waals surface area contributed by atoms with Crippen LogP contribution in [0.15, 0.2) is 18.2 Å². The van der Waals surface area contributed by atoms with Crippen molar-refractivity contribution in [2.45, 2.75) is 26.8 Å². The van der Waals surface area contributed by atoms with Crippen molar-refractivity contribution in [2.24, 2.45) is 0 Å². The molecule has 0 saturated carbocycles. The summed E-state index contributed by atoms with van der Waals surface area (Å²) in [5.41, 5.74) is 0.436. The summed E-state index contributed by atoms with van der Waals surface area (Å²) in [7, 11) is 0. The molecule has 1 aliphatic heterocycles. The molecule has 0 aliphatic carbocycles. The maximum Gasteiger partial charge on any atom is 0.409 e. The molecular formula is C17H24N4O4. The first kappa shape index (κ1) is 18.7. The quantitative estimate of drug-likeness (QED) is 0.881. The fraction of sp³-hybridized carbons (Fsp3) is 0.529. The Morgan fingerprint density at radius 1 is 1.12 bits per heavy atom. The van der Waals surface area contributed by atoms with E-state index in [2.05, 4.69) is 10.3 Å². The van der Waals surface area contributed by atoms with Gasteiger partial charge in [0, 0.05) is 32.2 Å². The average molecular weight is 348 g/mol. The third kappa shape index (κ3) is 4.91. The molecule has 1 aromatic rings. The summed E-state index contributed by atoms with van der Waals surface area (Å²) in [6.45, 7) is 7.43. The summed E-state index contributed by atoms with van der Waals surface area (Å²) < 4.78 is 4.96. The number of amides is 3. The Bertz CT molecular complexity index is 639. The van der Waals surface area contributed by atoms with Crippen LogP contribution >= 0.6 is 0 Å². The number of aromatic nitrogens is 1. The van der Waals surface area contributed by atoms with E-state index >= 15 is 0 Å². The molecule has 0 bridgehead atoms. The van der Waals surface area contributed by atoms with Gasteiger partial charge in [-0.15, -0.1) is 0 Å². The van der Waals surface area contributed by atoms with Crippen molar-refractivity contribution >= 4 is 17.9 Å². The van der Waals surface area contributed by atoms with E-state index in [1.54, 1.807) is 34.9 Å². The van der Waals surface area contributed by atoms with Gasteiger partial charge in [0.05, 0.1) is 6.61 Å². The summed E-state index contributed by atoms with van der Waals surface area (Å²) in [6.07, 6.45) is -0.361. The summed E-state index contributed by atoms with van der Waals surface area (Å²) in [5.74, 6) is -0.556. The third-order valence-electron chi connectivity index (χ3n) is 3.71. The van der Waals surface area contributed by atoms with Crippen molar-refractivity contribution in [1.29, 1.82) is 0 Å². The van der Waals surface area contributed by atoms with Crippen LogP contribution < -0.4 is 5.32 Å². The maximum absolute atomic E-state index is 12.6. The van der Waals surface area contributed by atoms with Crippen LogP contribution in [0.4, 0.5) is 4.79 Å². The Morgan fingerprint density at radius 2 is 1.72 bits per heavy atom. The first-order valence-corrected chi connectivity index (χ1v) is 8.41. The number of carbonyl (C=O) groups excluding carboxylic acids is 3. The number of nitrogens with zero attached hydrogens (tertiary/aromatic N) is 3. The van der Waals surface area contributed by atoms with Gasteiger partial charge in [0.25, 0.3) is 11.8 Å². The Balaban J connectivity index is 2.00. The summed E-state index contributed by atoms with van der Waals surface area (Å²) in [5, 5.41) is 2.75. The number of hydrogen-bond donors (Lipinski definition) is 1. The van der Waals surface area contributed by atoms with Crippen molar-refractivity contribution in [1.82, 2.24) is 20.1 Å². The van der Waals surface area contributed by atoms with Crippen molar-refractivity contribution in [3.63, 3.8) is 0 Å². The van der Waals surface area contributed by atoms with Gasteiger partial charge in [-0.25, -0.2) is 9.78 Å². The predicted octanol–water partition coefficient (Wildman–Crippen LogP) is 1.13. The van der Waals surface area contributed by atoms with Gasteiger partial charge < -0.3 is 19.9 Å². The minimum absolute atomic E-state index is 0.00962. The molecule has 0 radical (unpaired) electrons. The van der Waals surface area contributed by atoms with E-state index in [1.807, 2.05) is 13.8 Å². The molecule has 25 heavy (non-hydrogen) atoms. The van der Waals surface area contributed by atoms with E-state index in [0.717, 1.165) is 0 Å². The van der Waals surface area contributed by atoms with Crippen LogP contribution in [0.2, 0.25) is 0 Å². The lowest BCUT2D eigenvalue weighted by Gasteiger charge is -2.33. The summed E-state index contributed by atoms with van der Waals surface area (Å²) in [4.78, 5) is 43.7. The van der Waals surface area contributed by atoms with Gasteiger partial charge in [-0.05, 0) is 32.9 Å². The van der Waals surface area contributed by atoms with Crippen LogP contribution in [0, 0.1) is 0 Å². The zero-order chi connectivity index (χ0) is 18.4. The first-order valence-electron chi connectivity index (χ1n) is 8.41. The summed E-state index contributed by atoms with van der Waals surface area (Å²) >= 11 is 0. The monoisotopic (exact) mass is 348 g/mol. The molecule has 1 N–H and O–H groups in total. The molecule has 0 spiro atoms. The van der Waals surface area contributed by atoms with E-state index in [4.69, 9.17) is 4.74 Å². The van der Waals surface area contributed by atoms with Crippen LogP contribution in [0.1, 0.15) is 41.7 Å².